The average Bonchev–Trinajstić information content (AvgIpc) is 2.56. The molecule has 0 radical (unpaired) electrons. The topological polar surface area (TPSA) is 54.4 Å². The summed E-state index contributed by atoms with van der Waals surface area (Å²) in [5.41, 5.74) is 3.07. The summed E-state index contributed by atoms with van der Waals surface area (Å²) in [7, 11) is 0. The van der Waals surface area contributed by atoms with Crippen molar-refractivity contribution >= 4 is 12.6 Å². The fraction of sp³-hybridized carbons (Fsp3) is 0.200. The molecule has 0 atom stereocenters. The van der Waals surface area contributed by atoms with Crippen LogP contribution in [0.3, 0.4) is 0 Å². The monoisotopic (exact) mass is 312 g/mol. The first-order valence-corrected chi connectivity index (χ1v) is 7.28. The number of hydrogen-bond acceptors (Lipinski definition) is 3. The summed E-state index contributed by atoms with van der Waals surface area (Å²) in [4.78, 5) is 20.9. The van der Waals surface area contributed by atoms with Crippen molar-refractivity contribution in [1.82, 2.24) is 0 Å². The molecule has 0 heterocycles. The second-order valence-electron chi connectivity index (χ2n) is 4.97. The van der Waals surface area contributed by atoms with E-state index in [4.69, 9.17) is 0 Å². The molecule has 23 heavy (non-hydrogen) atoms. The van der Waals surface area contributed by atoms with Gasteiger partial charge in [-0.25, -0.2) is 0 Å². The van der Waals surface area contributed by atoms with E-state index in [9.17, 15) is 14.7 Å². The largest absolute Gasteiger partial charge is 0.392 e. The molecule has 0 aliphatic rings. The molecule has 0 spiro atoms. The van der Waals surface area contributed by atoms with Gasteiger partial charge in [0.25, 0.3) is 0 Å². The highest BCUT2D eigenvalue weighted by molar-refractivity contribution is 5.73. The van der Waals surface area contributed by atoms with E-state index in [0.717, 1.165) is 23.7 Å². The molecule has 0 fully saturated rings. The molecule has 0 aromatic carbocycles. The highest BCUT2D eigenvalue weighted by atomic mass is 16.3. The molecular weight excluding hydrogens is 288 g/mol. The molecule has 3 nitrogen and oxygen atoms in total. The lowest BCUT2D eigenvalue weighted by molar-refractivity contribution is -0.105. The lowest BCUT2D eigenvalue weighted by Gasteiger charge is -1.93. The molecular formula is C20H24O3. The Morgan fingerprint density at radius 2 is 1.17 bits per heavy atom. The van der Waals surface area contributed by atoms with Crippen molar-refractivity contribution < 1.29 is 14.7 Å². The van der Waals surface area contributed by atoms with Gasteiger partial charge in [-0.2, -0.15) is 0 Å². The molecule has 0 amide bonds. The summed E-state index contributed by atoms with van der Waals surface area (Å²) in [6.07, 6.45) is 19.6. The average molecular weight is 312 g/mol. The summed E-state index contributed by atoms with van der Waals surface area (Å²) in [5.74, 6) is 0. The Kier molecular flexibility index (Phi) is 11.7. The second-order valence-corrected chi connectivity index (χ2v) is 4.97. The Morgan fingerprint density at radius 3 is 1.70 bits per heavy atom. The quantitative estimate of drug-likeness (QED) is 0.400. The predicted octanol–water partition coefficient (Wildman–Crippen LogP) is 3.81. The predicted molar refractivity (Wildman–Crippen MR) is 96.0 cm³/mol. The molecule has 0 saturated carbocycles. The van der Waals surface area contributed by atoms with Crippen LogP contribution in [0.15, 0.2) is 83.1 Å². The first-order chi connectivity index (χ1) is 11.0. The summed E-state index contributed by atoms with van der Waals surface area (Å²) in [5, 5.41) is 9.24. The third-order valence-corrected chi connectivity index (χ3v) is 2.72. The zero-order valence-corrected chi connectivity index (χ0v) is 13.9. The molecule has 122 valence electrons. The van der Waals surface area contributed by atoms with Gasteiger partial charge in [-0.3, -0.25) is 9.59 Å². The van der Waals surface area contributed by atoms with Gasteiger partial charge in [-0.1, -0.05) is 66.3 Å². The van der Waals surface area contributed by atoms with Crippen LogP contribution in [0.25, 0.3) is 0 Å². The highest BCUT2D eigenvalue weighted by Gasteiger charge is 1.86. The fourth-order valence-corrected chi connectivity index (χ4v) is 1.36. The first kappa shape index (κ1) is 20.5. The van der Waals surface area contributed by atoms with Gasteiger partial charge in [-0.15, -0.1) is 0 Å². The molecule has 3 heteroatoms. The standard InChI is InChI=1S/C20H24O3/c1-17(9-6-10-18(2)14-21)8-4-5-12-20(16-23)13-7-11-19(3)15-22/h4-15,23H,16H2,1-3H3. The summed E-state index contributed by atoms with van der Waals surface area (Å²) >= 11 is 0. The second kappa shape index (κ2) is 13.2. The van der Waals surface area contributed by atoms with E-state index in [1.807, 2.05) is 37.3 Å². The zero-order valence-electron chi connectivity index (χ0n) is 13.9. The van der Waals surface area contributed by atoms with Crippen molar-refractivity contribution in [3.05, 3.63) is 83.1 Å². The maximum Gasteiger partial charge on any atom is 0.145 e. The first-order valence-electron chi connectivity index (χ1n) is 7.28. The fourth-order valence-electron chi connectivity index (χ4n) is 1.36. The SMILES string of the molecule is CC(C=O)=CC=CC(C)=CC=CC=C(C=CC=C(C)C=O)CO. The van der Waals surface area contributed by atoms with Crippen molar-refractivity contribution in [1.29, 1.82) is 0 Å². The Balaban J connectivity index is 4.71. The van der Waals surface area contributed by atoms with Gasteiger partial charge in [0.1, 0.15) is 12.6 Å². The van der Waals surface area contributed by atoms with Crippen LogP contribution in [-0.4, -0.2) is 24.3 Å². The third-order valence-electron chi connectivity index (χ3n) is 2.72. The smallest absolute Gasteiger partial charge is 0.145 e. The van der Waals surface area contributed by atoms with E-state index >= 15 is 0 Å². The van der Waals surface area contributed by atoms with Crippen LogP contribution in [-0.2, 0) is 9.59 Å². The Bertz CT molecular complexity index is 594. The molecule has 0 aliphatic carbocycles. The number of carbonyl (C=O) groups excluding carboxylic acids is 2. The summed E-state index contributed by atoms with van der Waals surface area (Å²) in [6, 6.07) is 0. The minimum Gasteiger partial charge on any atom is -0.392 e. The van der Waals surface area contributed by atoms with E-state index in [2.05, 4.69) is 0 Å². The number of aliphatic hydroxyl groups excluding tert-OH is 1. The lowest BCUT2D eigenvalue weighted by atomic mass is 10.2. The number of aldehydes is 2. The van der Waals surface area contributed by atoms with Gasteiger partial charge >= 0.3 is 0 Å². The number of allylic oxidation sites excluding steroid dienone is 12. The molecule has 0 rings (SSSR count). The van der Waals surface area contributed by atoms with Crippen LogP contribution in [0.5, 0.6) is 0 Å². The Morgan fingerprint density at radius 1 is 0.696 bits per heavy atom. The van der Waals surface area contributed by atoms with Gasteiger partial charge in [-0.05, 0) is 37.5 Å². The van der Waals surface area contributed by atoms with Crippen LogP contribution in [0.2, 0.25) is 0 Å². The molecule has 1 N–H and O–H groups in total. The van der Waals surface area contributed by atoms with Gasteiger partial charge in [0.2, 0.25) is 0 Å². The van der Waals surface area contributed by atoms with Crippen molar-refractivity contribution in [3.8, 4) is 0 Å². The normalized spacial score (nSPS) is 15.1. The molecule has 0 bridgehead atoms. The Labute approximate surface area is 138 Å². The molecule has 0 aliphatic heterocycles. The van der Waals surface area contributed by atoms with Crippen molar-refractivity contribution in [2.45, 2.75) is 20.8 Å². The zero-order chi connectivity index (χ0) is 17.5. The van der Waals surface area contributed by atoms with E-state index < -0.39 is 0 Å². The van der Waals surface area contributed by atoms with Crippen molar-refractivity contribution in [3.63, 3.8) is 0 Å². The van der Waals surface area contributed by atoms with Crippen LogP contribution in [0.4, 0.5) is 0 Å². The van der Waals surface area contributed by atoms with Gasteiger partial charge < -0.3 is 5.11 Å². The van der Waals surface area contributed by atoms with Gasteiger partial charge in [0.15, 0.2) is 0 Å². The van der Waals surface area contributed by atoms with E-state index in [1.165, 1.54) is 0 Å². The van der Waals surface area contributed by atoms with Crippen LogP contribution in [0.1, 0.15) is 20.8 Å². The Hall–Kier alpha value is -2.52. The van der Waals surface area contributed by atoms with Crippen LogP contribution < -0.4 is 0 Å². The number of hydrogen-bond donors (Lipinski definition) is 1. The molecule has 0 unspecified atom stereocenters. The number of aliphatic hydroxyl groups is 1. The maximum absolute atomic E-state index is 10.4. The van der Waals surface area contributed by atoms with E-state index in [1.54, 1.807) is 44.2 Å². The number of carbonyl (C=O) groups is 2. The molecule has 0 saturated heterocycles. The number of rotatable bonds is 9. The van der Waals surface area contributed by atoms with Crippen molar-refractivity contribution in [2.75, 3.05) is 6.61 Å². The van der Waals surface area contributed by atoms with Crippen LogP contribution in [0, 0.1) is 0 Å². The maximum atomic E-state index is 10.4. The van der Waals surface area contributed by atoms with E-state index in [-0.39, 0.29) is 6.61 Å². The highest BCUT2D eigenvalue weighted by Crippen LogP contribution is 2.00. The summed E-state index contributed by atoms with van der Waals surface area (Å²) < 4.78 is 0. The third kappa shape index (κ3) is 11.8. The van der Waals surface area contributed by atoms with Gasteiger partial charge in [0, 0.05) is 0 Å². The minimum absolute atomic E-state index is 0.0762. The van der Waals surface area contributed by atoms with Crippen molar-refractivity contribution in [2.24, 2.45) is 0 Å². The lowest BCUT2D eigenvalue weighted by Crippen LogP contribution is -1.84. The van der Waals surface area contributed by atoms with Gasteiger partial charge in [0.05, 0.1) is 6.61 Å². The van der Waals surface area contributed by atoms with E-state index in [0.29, 0.717) is 11.1 Å². The summed E-state index contributed by atoms with van der Waals surface area (Å²) in [6.45, 7) is 5.34. The minimum atomic E-state index is -0.0762. The van der Waals surface area contributed by atoms with Crippen LogP contribution >= 0.6 is 0 Å². The molecule has 0 aromatic heterocycles. The molecule has 0 aromatic rings.